The molecule has 5 heteroatoms. The van der Waals surface area contributed by atoms with Crippen LogP contribution in [-0.4, -0.2) is 37.6 Å². The van der Waals surface area contributed by atoms with Crippen LogP contribution in [0.4, 0.5) is 0 Å². The smallest absolute Gasteiger partial charge is 0.227 e. The van der Waals surface area contributed by atoms with Crippen molar-refractivity contribution in [2.24, 2.45) is 5.92 Å². The van der Waals surface area contributed by atoms with E-state index in [0.717, 1.165) is 24.9 Å². The first-order chi connectivity index (χ1) is 11.5. The van der Waals surface area contributed by atoms with Gasteiger partial charge in [0.25, 0.3) is 0 Å². The van der Waals surface area contributed by atoms with E-state index in [1.807, 2.05) is 0 Å². The van der Waals surface area contributed by atoms with Crippen molar-refractivity contribution in [3.63, 3.8) is 0 Å². The number of hydrogen-bond donors (Lipinski definition) is 0. The maximum absolute atomic E-state index is 12.7. The Kier molecular flexibility index (Phi) is 5.28. The van der Waals surface area contributed by atoms with Gasteiger partial charge in [0.15, 0.2) is 9.84 Å². The Balaban J connectivity index is 1.66. The largest absolute Gasteiger partial charge is 0.339 e. The number of sulfone groups is 1. The van der Waals surface area contributed by atoms with Gasteiger partial charge in [-0.2, -0.15) is 0 Å². The van der Waals surface area contributed by atoms with E-state index in [1.165, 1.54) is 25.7 Å². The minimum atomic E-state index is -3.17. The fraction of sp³-hybridized carbons (Fsp3) is 0.632. The predicted molar refractivity (Wildman–Crippen MR) is 94.6 cm³/mol. The first-order valence-electron chi connectivity index (χ1n) is 9.12. The van der Waals surface area contributed by atoms with Crippen LogP contribution in [0.5, 0.6) is 0 Å². The lowest BCUT2D eigenvalue weighted by Gasteiger charge is -2.29. The average Bonchev–Trinajstić information content (AvgIpc) is 3.26. The Bertz CT molecular complexity index is 675. The Morgan fingerprint density at radius 2 is 1.75 bits per heavy atom. The van der Waals surface area contributed by atoms with Crippen molar-refractivity contribution in [2.75, 3.05) is 12.3 Å². The molecular weight excluding hydrogens is 322 g/mol. The van der Waals surface area contributed by atoms with E-state index in [1.54, 1.807) is 31.2 Å². The van der Waals surface area contributed by atoms with Crippen molar-refractivity contribution >= 4 is 15.7 Å². The zero-order chi connectivity index (χ0) is 17.2. The summed E-state index contributed by atoms with van der Waals surface area (Å²) in [4.78, 5) is 15.2. The van der Waals surface area contributed by atoms with Crippen molar-refractivity contribution in [2.45, 2.75) is 62.8 Å². The standard InChI is InChI=1S/C19H27NO3S/c1-2-24(22,23)17-11-9-15(10-12-17)14-19(21)20-13-5-8-18(20)16-6-3-4-7-16/h9-12,16,18H,2-8,13-14H2,1H3/t18-/m0/s1. The number of likely N-dealkylation sites (tertiary alicyclic amines) is 1. The van der Waals surface area contributed by atoms with Crippen LogP contribution < -0.4 is 0 Å². The highest BCUT2D eigenvalue weighted by atomic mass is 32.2. The van der Waals surface area contributed by atoms with E-state index in [-0.39, 0.29) is 11.7 Å². The first-order valence-corrected chi connectivity index (χ1v) is 10.8. The van der Waals surface area contributed by atoms with E-state index in [2.05, 4.69) is 4.90 Å². The van der Waals surface area contributed by atoms with E-state index in [0.29, 0.717) is 23.3 Å². The van der Waals surface area contributed by atoms with Crippen LogP contribution in [0.2, 0.25) is 0 Å². The topological polar surface area (TPSA) is 54.5 Å². The Labute approximate surface area is 145 Å². The highest BCUT2D eigenvalue weighted by Crippen LogP contribution is 2.35. The molecule has 0 bridgehead atoms. The lowest BCUT2D eigenvalue weighted by Crippen LogP contribution is -2.40. The third-order valence-corrected chi connectivity index (χ3v) is 7.33. The van der Waals surface area contributed by atoms with Crippen LogP contribution in [0.25, 0.3) is 0 Å². The summed E-state index contributed by atoms with van der Waals surface area (Å²) in [7, 11) is -3.17. The lowest BCUT2D eigenvalue weighted by atomic mass is 9.95. The highest BCUT2D eigenvalue weighted by Gasteiger charge is 2.35. The Morgan fingerprint density at radius 1 is 1.08 bits per heavy atom. The molecule has 1 aromatic rings. The molecule has 132 valence electrons. The number of rotatable bonds is 5. The molecule has 1 atom stereocenters. The molecule has 1 aliphatic heterocycles. The SMILES string of the molecule is CCS(=O)(=O)c1ccc(CC(=O)N2CCC[C@H]2C2CCCC2)cc1. The number of nitrogens with zero attached hydrogens (tertiary/aromatic N) is 1. The monoisotopic (exact) mass is 349 g/mol. The molecule has 0 N–H and O–H groups in total. The molecule has 1 heterocycles. The van der Waals surface area contributed by atoms with Crippen LogP contribution in [0.3, 0.4) is 0 Å². The van der Waals surface area contributed by atoms with E-state index < -0.39 is 9.84 Å². The molecule has 0 radical (unpaired) electrons. The molecule has 0 aromatic heterocycles. The second-order valence-electron chi connectivity index (χ2n) is 7.07. The number of carbonyl (C=O) groups excluding carboxylic acids is 1. The Morgan fingerprint density at radius 3 is 2.38 bits per heavy atom. The van der Waals surface area contributed by atoms with Crippen molar-refractivity contribution in [3.8, 4) is 0 Å². The minimum Gasteiger partial charge on any atom is -0.339 e. The predicted octanol–water partition coefficient (Wildman–Crippen LogP) is 3.20. The summed E-state index contributed by atoms with van der Waals surface area (Å²) in [6.07, 6.45) is 7.75. The number of amides is 1. The number of benzene rings is 1. The number of hydrogen-bond acceptors (Lipinski definition) is 3. The molecule has 0 spiro atoms. The van der Waals surface area contributed by atoms with Crippen molar-refractivity contribution in [1.82, 2.24) is 4.90 Å². The summed E-state index contributed by atoms with van der Waals surface area (Å²) >= 11 is 0. The minimum absolute atomic E-state index is 0.0993. The molecule has 1 aliphatic carbocycles. The molecule has 1 saturated heterocycles. The normalized spacial score (nSPS) is 22.2. The zero-order valence-electron chi connectivity index (χ0n) is 14.4. The molecule has 1 aromatic carbocycles. The zero-order valence-corrected chi connectivity index (χ0v) is 15.2. The molecule has 24 heavy (non-hydrogen) atoms. The third-order valence-electron chi connectivity index (χ3n) is 5.58. The van der Waals surface area contributed by atoms with Crippen LogP contribution in [-0.2, 0) is 21.1 Å². The van der Waals surface area contributed by atoms with Gasteiger partial charge in [-0.25, -0.2) is 8.42 Å². The molecule has 1 amide bonds. The van der Waals surface area contributed by atoms with Gasteiger partial charge in [0.2, 0.25) is 5.91 Å². The maximum atomic E-state index is 12.7. The lowest BCUT2D eigenvalue weighted by molar-refractivity contribution is -0.132. The van der Waals surface area contributed by atoms with Crippen LogP contribution in [0.1, 0.15) is 51.0 Å². The van der Waals surface area contributed by atoms with Gasteiger partial charge >= 0.3 is 0 Å². The Hall–Kier alpha value is -1.36. The van der Waals surface area contributed by atoms with Gasteiger partial charge in [0.1, 0.15) is 0 Å². The van der Waals surface area contributed by atoms with Gasteiger partial charge in [-0.05, 0) is 49.3 Å². The van der Waals surface area contributed by atoms with Gasteiger partial charge in [0.05, 0.1) is 17.1 Å². The fourth-order valence-electron chi connectivity index (χ4n) is 4.19. The molecule has 4 nitrogen and oxygen atoms in total. The second-order valence-corrected chi connectivity index (χ2v) is 9.34. The summed E-state index contributed by atoms with van der Waals surface area (Å²) < 4.78 is 23.7. The van der Waals surface area contributed by atoms with Gasteiger partial charge in [-0.1, -0.05) is 31.9 Å². The summed E-state index contributed by atoms with van der Waals surface area (Å²) in [6, 6.07) is 7.24. The summed E-state index contributed by atoms with van der Waals surface area (Å²) in [5.74, 6) is 0.978. The maximum Gasteiger partial charge on any atom is 0.227 e. The van der Waals surface area contributed by atoms with Crippen LogP contribution in [0, 0.1) is 5.92 Å². The van der Waals surface area contributed by atoms with Gasteiger partial charge in [0, 0.05) is 12.6 Å². The van der Waals surface area contributed by atoms with Crippen LogP contribution in [0.15, 0.2) is 29.2 Å². The first kappa shape index (κ1) is 17.5. The third kappa shape index (κ3) is 3.66. The van der Waals surface area contributed by atoms with Gasteiger partial charge in [-0.3, -0.25) is 4.79 Å². The van der Waals surface area contributed by atoms with Crippen molar-refractivity contribution < 1.29 is 13.2 Å². The molecule has 1 saturated carbocycles. The van der Waals surface area contributed by atoms with Crippen molar-refractivity contribution in [1.29, 1.82) is 0 Å². The van der Waals surface area contributed by atoms with E-state index >= 15 is 0 Å². The van der Waals surface area contributed by atoms with Gasteiger partial charge in [-0.15, -0.1) is 0 Å². The fourth-order valence-corrected chi connectivity index (χ4v) is 5.08. The molecule has 2 aliphatic rings. The molecule has 2 fully saturated rings. The van der Waals surface area contributed by atoms with Crippen LogP contribution >= 0.6 is 0 Å². The number of carbonyl (C=O) groups is 1. The summed E-state index contributed by atoms with van der Waals surface area (Å²) in [5, 5.41) is 0. The van der Waals surface area contributed by atoms with Gasteiger partial charge < -0.3 is 4.90 Å². The molecule has 3 rings (SSSR count). The van der Waals surface area contributed by atoms with E-state index in [9.17, 15) is 13.2 Å². The quantitative estimate of drug-likeness (QED) is 0.820. The van der Waals surface area contributed by atoms with Crippen molar-refractivity contribution in [3.05, 3.63) is 29.8 Å². The second kappa shape index (κ2) is 7.26. The summed E-state index contributed by atoms with van der Waals surface area (Å²) in [6.45, 7) is 2.52. The molecule has 0 unspecified atom stereocenters. The molecular formula is C19H27NO3S. The summed E-state index contributed by atoms with van der Waals surface area (Å²) in [5.41, 5.74) is 0.895. The highest BCUT2D eigenvalue weighted by molar-refractivity contribution is 7.91. The average molecular weight is 349 g/mol. The van der Waals surface area contributed by atoms with E-state index in [4.69, 9.17) is 0 Å².